The molecule has 0 aliphatic heterocycles. The molecule has 1 aliphatic rings. The van der Waals surface area contributed by atoms with Gasteiger partial charge in [0.05, 0.1) is 4.92 Å². The molecule has 6 nitrogen and oxygen atoms in total. The van der Waals surface area contributed by atoms with E-state index >= 15 is 0 Å². The molecule has 0 amide bonds. The van der Waals surface area contributed by atoms with Crippen LogP contribution < -0.4 is 5.32 Å². The number of para-hydroxylation sites is 2. The molecule has 1 fully saturated rings. The van der Waals surface area contributed by atoms with E-state index in [2.05, 4.69) is 12.2 Å². The van der Waals surface area contributed by atoms with Crippen molar-refractivity contribution in [1.29, 1.82) is 0 Å². The van der Waals surface area contributed by atoms with Crippen LogP contribution in [0, 0.1) is 16.0 Å². The molecule has 1 aliphatic carbocycles. The summed E-state index contributed by atoms with van der Waals surface area (Å²) in [5.41, 5.74) is -0.909. The molecule has 1 aromatic carbocycles. The van der Waals surface area contributed by atoms with Crippen LogP contribution in [0.25, 0.3) is 0 Å². The largest absolute Gasteiger partial charge is 0.480 e. The third-order valence-electron chi connectivity index (χ3n) is 4.42. The van der Waals surface area contributed by atoms with Gasteiger partial charge < -0.3 is 10.4 Å². The number of carboxylic acids is 1. The third-order valence-corrected chi connectivity index (χ3v) is 4.42. The van der Waals surface area contributed by atoms with Crippen LogP contribution in [-0.4, -0.2) is 21.5 Å². The maximum absolute atomic E-state index is 11.7. The van der Waals surface area contributed by atoms with Gasteiger partial charge in [-0.05, 0) is 37.7 Å². The van der Waals surface area contributed by atoms with Gasteiger partial charge in [-0.25, -0.2) is 4.79 Å². The summed E-state index contributed by atoms with van der Waals surface area (Å²) in [6.45, 7) is 2.11. The Balaban J connectivity index is 2.26. The smallest absolute Gasteiger partial charge is 0.329 e. The molecule has 0 atom stereocenters. The predicted octanol–water partition coefficient (Wildman–Crippen LogP) is 3.43. The maximum atomic E-state index is 11.7. The average molecular weight is 292 g/mol. The van der Waals surface area contributed by atoms with Crippen molar-refractivity contribution in [2.24, 2.45) is 5.92 Å². The fourth-order valence-corrected chi connectivity index (χ4v) is 2.97. The Labute approximate surface area is 123 Å². The van der Waals surface area contributed by atoms with Gasteiger partial charge in [-0.3, -0.25) is 10.1 Å². The van der Waals surface area contributed by atoms with Gasteiger partial charge >= 0.3 is 5.97 Å². The first-order chi connectivity index (χ1) is 9.98. The summed E-state index contributed by atoms with van der Waals surface area (Å²) < 4.78 is 0. The van der Waals surface area contributed by atoms with Crippen molar-refractivity contribution in [3.05, 3.63) is 34.4 Å². The SMILES string of the molecule is CCC1CCC(Nc2ccccc2[N+](=O)[O-])(C(=O)O)CC1. The highest BCUT2D eigenvalue weighted by Gasteiger charge is 2.42. The van der Waals surface area contributed by atoms with Crippen molar-refractivity contribution in [3.63, 3.8) is 0 Å². The van der Waals surface area contributed by atoms with Gasteiger partial charge in [0.2, 0.25) is 0 Å². The lowest BCUT2D eigenvalue weighted by atomic mass is 9.75. The number of aliphatic carboxylic acids is 1. The molecule has 0 heterocycles. The lowest BCUT2D eigenvalue weighted by molar-refractivity contribution is -0.384. The van der Waals surface area contributed by atoms with Crippen LogP contribution in [0.2, 0.25) is 0 Å². The lowest BCUT2D eigenvalue weighted by Crippen LogP contribution is -2.49. The Morgan fingerprint density at radius 1 is 1.43 bits per heavy atom. The molecule has 6 heteroatoms. The molecule has 0 radical (unpaired) electrons. The van der Waals surface area contributed by atoms with E-state index in [9.17, 15) is 20.0 Å². The minimum atomic E-state index is -1.10. The molecular formula is C15H20N2O4. The molecule has 1 saturated carbocycles. The molecule has 2 N–H and O–H groups in total. The summed E-state index contributed by atoms with van der Waals surface area (Å²) in [6, 6.07) is 6.19. The van der Waals surface area contributed by atoms with E-state index in [0.29, 0.717) is 18.8 Å². The average Bonchev–Trinajstić information content (AvgIpc) is 2.48. The highest BCUT2D eigenvalue weighted by molar-refractivity contribution is 5.84. The summed E-state index contributed by atoms with van der Waals surface area (Å²) in [6.07, 6.45) is 3.69. The number of hydrogen-bond donors (Lipinski definition) is 2. The van der Waals surface area contributed by atoms with Crippen LogP contribution in [0.5, 0.6) is 0 Å². The van der Waals surface area contributed by atoms with Crippen LogP contribution in [0.15, 0.2) is 24.3 Å². The first-order valence-corrected chi connectivity index (χ1v) is 7.23. The molecule has 0 saturated heterocycles. The number of anilines is 1. The van der Waals surface area contributed by atoms with Crippen molar-refractivity contribution < 1.29 is 14.8 Å². The van der Waals surface area contributed by atoms with Gasteiger partial charge in [0, 0.05) is 6.07 Å². The van der Waals surface area contributed by atoms with E-state index in [0.717, 1.165) is 19.3 Å². The highest BCUT2D eigenvalue weighted by atomic mass is 16.6. The number of nitrogens with zero attached hydrogens (tertiary/aromatic N) is 1. The summed E-state index contributed by atoms with van der Waals surface area (Å²) in [5, 5.41) is 23.6. The van der Waals surface area contributed by atoms with Crippen LogP contribution in [0.1, 0.15) is 39.0 Å². The summed E-state index contributed by atoms with van der Waals surface area (Å²) in [5.74, 6) is -0.389. The highest BCUT2D eigenvalue weighted by Crippen LogP contribution is 2.38. The zero-order chi connectivity index (χ0) is 15.5. The van der Waals surface area contributed by atoms with E-state index in [4.69, 9.17) is 0 Å². The van der Waals surface area contributed by atoms with Gasteiger partial charge in [-0.15, -0.1) is 0 Å². The van der Waals surface area contributed by atoms with Crippen molar-refractivity contribution >= 4 is 17.3 Å². The second kappa shape index (κ2) is 6.11. The number of rotatable bonds is 5. The van der Waals surface area contributed by atoms with Crippen LogP contribution in [0.3, 0.4) is 0 Å². The number of nitro groups is 1. The Morgan fingerprint density at radius 3 is 2.57 bits per heavy atom. The van der Waals surface area contributed by atoms with Crippen molar-refractivity contribution in [1.82, 2.24) is 0 Å². The van der Waals surface area contributed by atoms with Crippen LogP contribution in [-0.2, 0) is 4.79 Å². The fraction of sp³-hybridized carbons (Fsp3) is 0.533. The van der Waals surface area contributed by atoms with Crippen LogP contribution in [0.4, 0.5) is 11.4 Å². The van der Waals surface area contributed by atoms with E-state index in [1.165, 1.54) is 6.07 Å². The Bertz CT molecular complexity index is 536. The molecule has 21 heavy (non-hydrogen) atoms. The molecular weight excluding hydrogens is 272 g/mol. The van der Waals surface area contributed by atoms with Crippen LogP contribution >= 0.6 is 0 Å². The number of hydrogen-bond acceptors (Lipinski definition) is 4. The van der Waals surface area contributed by atoms with Gasteiger partial charge in [-0.2, -0.15) is 0 Å². The predicted molar refractivity (Wildman–Crippen MR) is 79.3 cm³/mol. The first kappa shape index (κ1) is 15.3. The molecule has 114 valence electrons. The monoisotopic (exact) mass is 292 g/mol. The Hall–Kier alpha value is -2.11. The summed E-state index contributed by atoms with van der Waals surface area (Å²) >= 11 is 0. The summed E-state index contributed by atoms with van der Waals surface area (Å²) in [4.78, 5) is 22.3. The van der Waals surface area contributed by atoms with E-state index in [1.54, 1.807) is 18.2 Å². The number of benzene rings is 1. The molecule has 1 aromatic rings. The zero-order valence-corrected chi connectivity index (χ0v) is 12.0. The van der Waals surface area contributed by atoms with E-state index in [-0.39, 0.29) is 11.4 Å². The van der Waals surface area contributed by atoms with Crippen molar-refractivity contribution in [2.75, 3.05) is 5.32 Å². The van der Waals surface area contributed by atoms with Gasteiger partial charge in [0.15, 0.2) is 0 Å². The molecule has 0 aromatic heterocycles. The maximum Gasteiger partial charge on any atom is 0.329 e. The topological polar surface area (TPSA) is 92.5 Å². The lowest BCUT2D eigenvalue weighted by Gasteiger charge is -2.37. The van der Waals surface area contributed by atoms with Gasteiger partial charge in [-0.1, -0.05) is 25.5 Å². The molecule has 0 bridgehead atoms. The molecule has 0 unspecified atom stereocenters. The number of carboxylic acid groups (broad SMARTS) is 1. The minimum Gasteiger partial charge on any atom is -0.480 e. The first-order valence-electron chi connectivity index (χ1n) is 7.23. The van der Waals surface area contributed by atoms with E-state index in [1.807, 2.05) is 0 Å². The Morgan fingerprint density at radius 2 is 2.05 bits per heavy atom. The van der Waals surface area contributed by atoms with E-state index < -0.39 is 16.4 Å². The fourth-order valence-electron chi connectivity index (χ4n) is 2.97. The third kappa shape index (κ3) is 3.15. The molecule has 0 spiro atoms. The number of nitro benzene ring substituents is 1. The number of carbonyl (C=O) groups is 1. The second-order valence-corrected chi connectivity index (χ2v) is 5.64. The number of nitrogens with one attached hydrogen (secondary N) is 1. The van der Waals surface area contributed by atoms with Crippen molar-refractivity contribution in [3.8, 4) is 0 Å². The quantitative estimate of drug-likeness (QED) is 0.640. The van der Waals surface area contributed by atoms with Gasteiger partial charge in [0.1, 0.15) is 11.2 Å². The molecule has 2 rings (SSSR count). The normalized spacial score (nSPS) is 25.3. The zero-order valence-electron chi connectivity index (χ0n) is 12.0. The van der Waals surface area contributed by atoms with Gasteiger partial charge in [0.25, 0.3) is 5.69 Å². The summed E-state index contributed by atoms with van der Waals surface area (Å²) in [7, 11) is 0. The Kier molecular flexibility index (Phi) is 4.45. The second-order valence-electron chi connectivity index (χ2n) is 5.64. The van der Waals surface area contributed by atoms with Crippen molar-refractivity contribution in [2.45, 2.75) is 44.6 Å². The minimum absolute atomic E-state index is 0.0873. The standard InChI is InChI=1S/C15H20N2O4/c1-2-11-7-9-15(10-8-11,14(18)19)16-12-5-3-4-6-13(12)17(20)21/h3-6,11,16H,2,7-10H2,1H3,(H,18,19).